The lowest BCUT2D eigenvalue weighted by atomic mass is 9.83. The molecule has 1 N–H and O–H groups in total. The average molecular weight is 291 g/mol. The molecule has 0 saturated carbocycles. The summed E-state index contributed by atoms with van der Waals surface area (Å²) in [4.78, 5) is 25.5. The molecule has 2 rings (SSSR count). The zero-order chi connectivity index (χ0) is 15.6. The van der Waals surface area contributed by atoms with Gasteiger partial charge in [-0.15, -0.1) is 0 Å². The number of carboxylic acid groups (broad SMARTS) is 1. The Hall–Kier alpha value is -2.04. The normalized spacial score (nSPS) is 22.5. The molecule has 0 radical (unpaired) electrons. The van der Waals surface area contributed by atoms with Gasteiger partial charge in [-0.3, -0.25) is 9.59 Å². The summed E-state index contributed by atoms with van der Waals surface area (Å²) in [7, 11) is 1.58. The van der Waals surface area contributed by atoms with Gasteiger partial charge in [0.15, 0.2) is 0 Å². The van der Waals surface area contributed by atoms with E-state index < -0.39 is 17.9 Å². The Morgan fingerprint density at radius 1 is 1.33 bits per heavy atom. The van der Waals surface area contributed by atoms with Crippen molar-refractivity contribution >= 4 is 11.9 Å². The van der Waals surface area contributed by atoms with E-state index in [9.17, 15) is 14.7 Å². The molecule has 5 nitrogen and oxygen atoms in total. The lowest BCUT2D eigenvalue weighted by molar-refractivity contribution is -0.153. The Morgan fingerprint density at radius 2 is 1.95 bits per heavy atom. The van der Waals surface area contributed by atoms with E-state index in [-0.39, 0.29) is 11.9 Å². The monoisotopic (exact) mass is 291 g/mol. The van der Waals surface area contributed by atoms with E-state index in [1.807, 2.05) is 26.0 Å². The van der Waals surface area contributed by atoms with Crippen molar-refractivity contribution in [1.29, 1.82) is 0 Å². The molecule has 1 fully saturated rings. The van der Waals surface area contributed by atoms with Crippen molar-refractivity contribution in [3.63, 3.8) is 0 Å². The number of ether oxygens (including phenoxy) is 1. The molecule has 5 heteroatoms. The zero-order valence-corrected chi connectivity index (χ0v) is 12.6. The predicted octanol–water partition coefficient (Wildman–Crippen LogP) is 2.47. The number of methoxy groups -OCH3 is 1. The van der Waals surface area contributed by atoms with Crippen LogP contribution in [0.1, 0.15) is 38.3 Å². The summed E-state index contributed by atoms with van der Waals surface area (Å²) in [5, 5.41) is 9.49. The number of hydrogen-bond acceptors (Lipinski definition) is 3. The first-order valence-electron chi connectivity index (χ1n) is 7.13. The van der Waals surface area contributed by atoms with Crippen LogP contribution in [0, 0.1) is 5.92 Å². The molecule has 1 aliphatic rings. The van der Waals surface area contributed by atoms with Crippen molar-refractivity contribution in [3.05, 3.63) is 29.8 Å². The van der Waals surface area contributed by atoms with Crippen molar-refractivity contribution in [1.82, 2.24) is 4.90 Å². The average Bonchev–Trinajstić information content (AvgIpc) is 2.46. The van der Waals surface area contributed by atoms with Gasteiger partial charge in [-0.05, 0) is 38.0 Å². The van der Waals surface area contributed by atoms with Crippen LogP contribution in [0.25, 0.3) is 0 Å². The lowest BCUT2D eigenvalue weighted by Crippen LogP contribution is -2.48. The summed E-state index contributed by atoms with van der Waals surface area (Å²) in [6.45, 7) is 3.83. The van der Waals surface area contributed by atoms with Crippen LogP contribution in [0.15, 0.2) is 24.3 Å². The predicted molar refractivity (Wildman–Crippen MR) is 78.1 cm³/mol. The third-order valence-electron chi connectivity index (χ3n) is 3.97. The van der Waals surface area contributed by atoms with Gasteiger partial charge in [0.1, 0.15) is 5.75 Å². The molecule has 1 aromatic carbocycles. The first-order chi connectivity index (χ1) is 9.95. The highest BCUT2D eigenvalue weighted by molar-refractivity contribution is 5.82. The number of aliphatic carboxylic acids is 1. The summed E-state index contributed by atoms with van der Waals surface area (Å²) in [5.74, 6) is -0.695. The molecule has 21 heavy (non-hydrogen) atoms. The van der Waals surface area contributed by atoms with Crippen LogP contribution in [-0.2, 0) is 9.59 Å². The van der Waals surface area contributed by atoms with Gasteiger partial charge in [0, 0.05) is 12.5 Å². The molecule has 1 saturated heterocycles. The van der Waals surface area contributed by atoms with Crippen LogP contribution in [0.2, 0.25) is 0 Å². The van der Waals surface area contributed by atoms with Crippen LogP contribution < -0.4 is 4.74 Å². The molecule has 2 atom stereocenters. The largest absolute Gasteiger partial charge is 0.497 e. The van der Waals surface area contributed by atoms with Crippen LogP contribution in [0.5, 0.6) is 5.75 Å². The fourth-order valence-electron chi connectivity index (χ4n) is 2.98. The third-order valence-corrected chi connectivity index (χ3v) is 3.97. The molecule has 0 aromatic heterocycles. The Morgan fingerprint density at radius 3 is 2.43 bits per heavy atom. The summed E-state index contributed by atoms with van der Waals surface area (Å²) >= 11 is 0. The Bertz CT molecular complexity index is 524. The molecule has 1 aromatic rings. The van der Waals surface area contributed by atoms with Crippen LogP contribution in [-0.4, -0.2) is 35.0 Å². The van der Waals surface area contributed by atoms with E-state index in [4.69, 9.17) is 4.74 Å². The van der Waals surface area contributed by atoms with Gasteiger partial charge in [-0.25, -0.2) is 0 Å². The SMILES string of the molecule is COc1ccc([C@@H]2[C@H](C(=O)O)CCC(=O)N2C(C)C)cc1. The van der Waals surface area contributed by atoms with E-state index >= 15 is 0 Å². The minimum atomic E-state index is -0.853. The van der Waals surface area contributed by atoms with Gasteiger partial charge < -0.3 is 14.7 Å². The number of carboxylic acids is 1. The van der Waals surface area contributed by atoms with Gasteiger partial charge in [0.25, 0.3) is 0 Å². The first kappa shape index (κ1) is 15.4. The van der Waals surface area contributed by atoms with E-state index in [1.54, 1.807) is 24.1 Å². The topological polar surface area (TPSA) is 66.8 Å². The number of rotatable bonds is 4. The maximum Gasteiger partial charge on any atom is 0.308 e. The van der Waals surface area contributed by atoms with Gasteiger partial charge in [0.2, 0.25) is 5.91 Å². The molecule has 0 bridgehead atoms. The highest BCUT2D eigenvalue weighted by atomic mass is 16.5. The first-order valence-corrected chi connectivity index (χ1v) is 7.13. The molecular weight excluding hydrogens is 270 g/mol. The number of likely N-dealkylation sites (tertiary alicyclic amines) is 1. The number of carbonyl (C=O) groups is 2. The smallest absolute Gasteiger partial charge is 0.308 e. The quantitative estimate of drug-likeness (QED) is 0.925. The number of carbonyl (C=O) groups excluding carboxylic acids is 1. The molecule has 1 aliphatic heterocycles. The van der Waals surface area contributed by atoms with E-state index in [0.717, 1.165) is 5.56 Å². The molecule has 0 spiro atoms. The molecule has 1 heterocycles. The Balaban J connectivity index is 2.43. The van der Waals surface area contributed by atoms with Crippen molar-refractivity contribution in [2.75, 3.05) is 7.11 Å². The number of benzene rings is 1. The standard InChI is InChI=1S/C16H21NO4/c1-10(2)17-14(18)9-8-13(16(19)20)15(17)11-4-6-12(21-3)7-5-11/h4-7,10,13,15H,8-9H2,1-3H3,(H,19,20)/t13-,15-/m1/s1. The molecule has 0 aliphatic carbocycles. The van der Waals surface area contributed by atoms with Crippen molar-refractivity contribution in [2.45, 2.75) is 38.8 Å². The zero-order valence-electron chi connectivity index (χ0n) is 12.6. The van der Waals surface area contributed by atoms with Crippen molar-refractivity contribution < 1.29 is 19.4 Å². The van der Waals surface area contributed by atoms with Gasteiger partial charge in [-0.2, -0.15) is 0 Å². The van der Waals surface area contributed by atoms with E-state index in [2.05, 4.69) is 0 Å². The van der Waals surface area contributed by atoms with Crippen LogP contribution in [0.3, 0.4) is 0 Å². The van der Waals surface area contributed by atoms with Gasteiger partial charge >= 0.3 is 5.97 Å². The number of piperidine rings is 1. The maximum atomic E-state index is 12.2. The third kappa shape index (κ3) is 3.01. The summed E-state index contributed by atoms with van der Waals surface area (Å²) in [6.07, 6.45) is 0.676. The summed E-state index contributed by atoms with van der Waals surface area (Å²) in [5.41, 5.74) is 0.838. The van der Waals surface area contributed by atoms with Crippen molar-refractivity contribution in [3.8, 4) is 5.75 Å². The fourth-order valence-corrected chi connectivity index (χ4v) is 2.98. The molecule has 0 unspecified atom stereocenters. The van der Waals surface area contributed by atoms with Crippen LogP contribution >= 0.6 is 0 Å². The van der Waals surface area contributed by atoms with Gasteiger partial charge in [0.05, 0.1) is 19.1 Å². The van der Waals surface area contributed by atoms with E-state index in [0.29, 0.717) is 18.6 Å². The number of hydrogen-bond donors (Lipinski definition) is 1. The highest BCUT2D eigenvalue weighted by Crippen LogP contribution is 2.38. The van der Waals surface area contributed by atoms with E-state index in [1.165, 1.54) is 0 Å². The molecular formula is C16H21NO4. The Labute approximate surface area is 124 Å². The van der Waals surface area contributed by atoms with Crippen LogP contribution in [0.4, 0.5) is 0 Å². The lowest BCUT2D eigenvalue weighted by Gasteiger charge is -2.42. The fraction of sp³-hybridized carbons (Fsp3) is 0.500. The van der Waals surface area contributed by atoms with Gasteiger partial charge in [-0.1, -0.05) is 12.1 Å². The van der Waals surface area contributed by atoms with Crippen molar-refractivity contribution in [2.24, 2.45) is 5.92 Å². The second-order valence-electron chi connectivity index (χ2n) is 5.60. The Kier molecular flexibility index (Phi) is 4.50. The summed E-state index contributed by atoms with van der Waals surface area (Å²) < 4.78 is 5.13. The summed E-state index contributed by atoms with van der Waals surface area (Å²) in [6, 6.07) is 6.82. The molecule has 114 valence electrons. The molecule has 1 amide bonds. The maximum absolute atomic E-state index is 12.2. The minimum absolute atomic E-state index is 0.0170. The second kappa shape index (κ2) is 6.16. The number of amides is 1. The highest BCUT2D eigenvalue weighted by Gasteiger charge is 2.41. The number of nitrogens with zero attached hydrogens (tertiary/aromatic N) is 1. The minimum Gasteiger partial charge on any atom is -0.497 e. The second-order valence-corrected chi connectivity index (χ2v) is 5.60.